The lowest BCUT2D eigenvalue weighted by atomic mass is 10.2. The SMILES string of the molecule is C#CCCCCNC(=O)/C=C/c1ccco1. The van der Waals surface area contributed by atoms with E-state index in [1.165, 1.54) is 6.08 Å². The predicted molar refractivity (Wildman–Crippen MR) is 63.4 cm³/mol. The van der Waals surface area contributed by atoms with Gasteiger partial charge in [0.15, 0.2) is 0 Å². The molecule has 0 saturated carbocycles. The van der Waals surface area contributed by atoms with E-state index in [4.69, 9.17) is 10.8 Å². The van der Waals surface area contributed by atoms with Crippen LogP contribution in [0.2, 0.25) is 0 Å². The number of nitrogens with one attached hydrogen (secondary N) is 1. The van der Waals surface area contributed by atoms with Crippen LogP contribution in [0.5, 0.6) is 0 Å². The molecule has 3 heteroatoms. The second kappa shape index (κ2) is 7.36. The van der Waals surface area contributed by atoms with E-state index in [9.17, 15) is 4.79 Å². The Bertz CT molecular complexity index is 371. The zero-order valence-electron chi connectivity index (χ0n) is 9.11. The van der Waals surface area contributed by atoms with E-state index in [-0.39, 0.29) is 5.91 Å². The summed E-state index contributed by atoms with van der Waals surface area (Å²) in [5.74, 6) is 3.12. The van der Waals surface area contributed by atoms with E-state index in [1.807, 2.05) is 0 Å². The summed E-state index contributed by atoms with van der Waals surface area (Å²) >= 11 is 0. The first-order valence-corrected chi connectivity index (χ1v) is 5.26. The summed E-state index contributed by atoms with van der Waals surface area (Å²) in [5.41, 5.74) is 0. The van der Waals surface area contributed by atoms with Crippen molar-refractivity contribution in [2.75, 3.05) is 6.54 Å². The molecule has 1 heterocycles. The van der Waals surface area contributed by atoms with Crippen LogP contribution in [0.3, 0.4) is 0 Å². The summed E-state index contributed by atoms with van der Waals surface area (Å²) < 4.78 is 5.05. The highest BCUT2D eigenvalue weighted by Crippen LogP contribution is 2.01. The van der Waals surface area contributed by atoms with Crippen LogP contribution in [0.25, 0.3) is 6.08 Å². The number of carbonyl (C=O) groups is 1. The lowest BCUT2D eigenvalue weighted by Gasteiger charge is -1.99. The second-order valence-electron chi connectivity index (χ2n) is 3.30. The van der Waals surface area contributed by atoms with Crippen molar-refractivity contribution in [3.8, 4) is 12.3 Å². The Labute approximate surface area is 95.5 Å². The fourth-order valence-corrected chi connectivity index (χ4v) is 1.17. The summed E-state index contributed by atoms with van der Waals surface area (Å²) in [6, 6.07) is 3.56. The number of furan rings is 1. The third-order valence-corrected chi connectivity index (χ3v) is 1.99. The van der Waals surface area contributed by atoms with Crippen LogP contribution in [-0.4, -0.2) is 12.5 Å². The lowest BCUT2D eigenvalue weighted by molar-refractivity contribution is -0.116. The quantitative estimate of drug-likeness (QED) is 0.451. The molecule has 3 nitrogen and oxygen atoms in total. The Morgan fingerprint density at radius 1 is 1.56 bits per heavy atom. The molecule has 0 saturated heterocycles. The molecular weight excluding hydrogens is 202 g/mol. The summed E-state index contributed by atoms with van der Waals surface area (Å²) in [6.45, 7) is 0.656. The molecule has 0 fully saturated rings. The summed E-state index contributed by atoms with van der Waals surface area (Å²) in [4.78, 5) is 11.3. The molecule has 0 radical (unpaired) electrons. The number of carbonyl (C=O) groups excluding carboxylic acids is 1. The van der Waals surface area contributed by atoms with Gasteiger partial charge in [0, 0.05) is 19.0 Å². The molecule has 1 amide bonds. The third kappa shape index (κ3) is 5.06. The standard InChI is InChI=1S/C13H15NO2/c1-2-3-4-5-10-14-13(15)9-8-12-7-6-11-16-12/h1,6-9,11H,3-5,10H2,(H,14,15)/b9-8+. The normalized spacial score (nSPS) is 10.2. The average molecular weight is 217 g/mol. The highest BCUT2D eigenvalue weighted by Gasteiger charge is 1.95. The van der Waals surface area contributed by atoms with Gasteiger partial charge in [-0.3, -0.25) is 4.79 Å². The van der Waals surface area contributed by atoms with Crippen LogP contribution in [0.4, 0.5) is 0 Å². The van der Waals surface area contributed by atoms with Crippen LogP contribution >= 0.6 is 0 Å². The van der Waals surface area contributed by atoms with Gasteiger partial charge in [-0.25, -0.2) is 0 Å². The molecule has 0 aliphatic rings. The van der Waals surface area contributed by atoms with Crippen molar-refractivity contribution in [3.63, 3.8) is 0 Å². The van der Waals surface area contributed by atoms with Crippen LogP contribution in [0.1, 0.15) is 25.0 Å². The van der Waals surface area contributed by atoms with Gasteiger partial charge in [-0.15, -0.1) is 12.3 Å². The Morgan fingerprint density at radius 3 is 3.12 bits per heavy atom. The Morgan fingerprint density at radius 2 is 2.44 bits per heavy atom. The van der Waals surface area contributed by atoms with Crippen LogP contribution in [-0.2, 0) is 4.79 Å². The van der Waals surface area contributed by atoms with E-state index >= 15 is 0 Å². The van der Waals surface area contributed by atoms with E-state index in [0.717, 1.165) is 19.3 Å². The maximum absolute atomic E-state index is 11.3. The lowest BCUT2D eigenvalue weighted by Crippen LogP contribution is -2.21. The van der Waals surface area contributed by atoms with Gasteiger partial charge in [-0.1, -0.05) is 0 Å². The number of hydrogen-bond donors (Lipinski definition) is 1. The van der Waals surface area contributed by atoms with Gasteiger partial charge < -0.3 is 9.73 Å². The molecule has 16 heavy (non-hydrogen) atoms. The van der Waals surface area contributed by atoms with Crippen molar-refractivity contribution in [1.82, 2.24) is 5.32 Å². The minimum Gasteiger partial charge on any atom is -0.465 e. The monoisotopic (exact) mass is 217 g/mol. The van der Waals surface area contributed by atoms with Gasteiger partial charge >= 0.3 is 0 Å². The topological polar surface area (TPSA) is 42.2 Å². The Kier molecular flexibility index (Phi) is 5.57. The van der Waals surface area contributed by atoms with Crippen LogP contribution in [0, 0.1) is 12.3 Å². The zero-order chi connectivity index (χ0) is 11.6. The molecule has 0 spiro atoms. The van der Waals surface area contributed by atoms with Gasteiger partial charge in [0.1, 0.15) is 5.76 Å². The van der Waals surface area contributed by atoms with Crippen molar-refractivity contribution in [1.29, 1.82) is 0 Å². The number of terminal acetylenes is 1. The van der Waals surface area contributed by atoms with E-state index in [2.05, 4.69) is 11.2 Å². The van der Waals surface area contributed by atoms with Crippen LogP contribution in [0.15, 0.2) is 28.9 Å². The predicted octanol–water partition coefficient (Wildman–Crippen LogP) is 2.21. The molecule has 1 aromatic heterocycles. The van der Waals surface area contributed by atoms with Crippen molar-refractivity contribution in [2.24, 2.45) is 0 Å². The zero-order valence-corrected chi connectivity index (χ0v) is 9.11. The van der Waals surface area contributed by atoms with Gasteiger partial charge in [-0.2, -0.15) is 0 Å². The van der Waals surface area contributed by atoms with Crippen molar-refractivity contribution < 1.29 is 9.21 Å². The summed E-state index contributed by atoms with van der Waals surface area (Å²) in [7, 11) is 0. The Hall–Kier alpha value is -1.95. The fraction of sp³-hybridized carbons (Fsp3) is 0.308. The highest BCUT2D eigenvalue weighted by molar-refractivity contribution is 5.91. The maximum atomic E-state index is 11.3. The third-order valence-electron chi connectivity index (χ3n) is 1.99. The first-order chi connectivity index (χ1) is 7.83. The smallest absolute Gasteiger partial charge is 0.244 e. The molecule has 0 aliphatic carbocycles. The first-order valence-electron chi connectivity index (χ1n) is 5.26. The van der Waals surface area contributed by atoms with E-state index in [0.29, 0.717) is 12.3 Å². The molecule has 84 valence electrons. The molecule has 0 aliphatic heterocycles. The summed E-state index contributed by atoms with van der Waals surface area (Å²) in [6.07, 6.45) is 12.4. The minimum absolute atomic E-state index is 0.114. The number of rotatable bonds is 6. The molecule has 0 bridgehead atoms. The van der Waals surface area contributed by atoms with E-state index in [1.54, 1.807) is 24.5 Å². The average Bonchev–Trinajstić information content (AvgIpc) is 2.79. The van der Waals surface area contributed by atoms with Gasteiger partial charge in [0.25, 0.3) is 0 Å². The largest absolute Gasteiger partial charge is 0.465 e. The van der Waals surface area contributed by atoms with Gasteiger partial charge in [0.05, 0.1) is 6.26 Å². The molecule has 1 N–H and O–H groups in total. The van der Waals surface area contributed by atoms with Gasteiger partial charge in [0.2, 0.25) is 5.91 Å². The second-order valence-corrected chi connectivity index (χ2v) is 3.30. The maximum Gasteiger partial charge on any atom is 0.244 e. The van der Waals surface area contributed by atoms with Crippen LogP contribution < -0.4 is 5.32 Å². The van der Waals surface area contributed by atoms with Crippen molar-refractivity contribution >= 4 is 12.0 Å². The molecular formula is C13H15NO2. The van der Waals surface area contributed by atoms with Crippen molar-refractivity contribution in [3.05, 3.63) is 30.2 Å². The summed E-state index contributed by atoms with van der Waals surface area (Å²) in [5, 5.41) is 2.77. The molecule has 1 rings (SSSR count). The molecule has 0 aromatic carbocycles. The number of amides is 1. The Balaban J connectivity index is 2.14. The molecule has 0 atom stereocenters. The highest BCUT2D eigenvalue weighted by atomic mass is 16.3. The van der Waals surface area contributed by atoms with Gasteiger partial charge in [-0.05, 0) is 31.1 Å². The molecule has 0 unspecified atom stereocenters. The fourth-order valence-electron chi connectivity index (χ4n) is 1.17. The minimum atomic E-state index is -0.114. The van der Waals surface area contributed by atoms with E-state index < -0.39 is 0 Å². The van der Waals surface area contributed by atoms with Crippen molar-refractivity contribution in [2.45, 2.75) is 19.3 Å². The number of hydrogen-bond acceptors (Lipinski definition) is 2. The first kappa shape index (κ1) is 12.1. The molecule has 1 aromatic rings. The number of unbranched alkanes of at least 4 members (excludes halogenated alkanes) is 2.